The molecule has 0 saturated heterocycles. The topological polar surface area (TPSA) is 38.0 Å². The molecule has 1 rings (SSSR count). The molecule has 1 heterocycles. The third kappa shape index (κ3) is 2.71. The van der Waals surface area contributed by atoms with E-state index >= 15 is 0 Å². The van der Waals surface area contributed by atoms with Crippen LogP contribution in [0.2, 0.25) is 5.02 Å². The Morgan fingerprint density at radius 1 is 1.69 bits per heavy atom. The summed E-state index contributed by atoms with van der Waals surface area (Å²) in [6, 6.07) is 0. The van der Waals surface area contributed by atoms with Crippen LogP contribution in [0.4, 0.5) is 0 Å². The van der Waals surface area contributed by atoms with Crippen LogP contribution in [0.5, 0.6) is 0 Å². The highest BCUT2D eigenvalue weighted by molar-refractivity contribution is 6.30. The molecule has 74 valence electrons. The quantitative estimate of drug-likeness (QED) is 0.814. The maximum absolute atomic E-state index is 9.95. The van der Waals surface area contributed by atoms with Gasteiger partial charge in [0.1, 0.15) is 0 Å². The fraction of sp³-hybridized carbons (Fsp3) is 0.667. The summed E-state index contributed by atoms with van der Waals surface area (Å²) in [6.07, 6.45) is 3.27. The molecule has 0 bridgehead atoms. The van der Waals surface area contributed by atoms with Gasteiger partial charge in [0.2, 0.25) is 0 Å². The Morgan fingerprint density at radius 2 is 2.31 bits per heavy atom. The molecule has 0 radical (unpaired) electrons. The molecule has 1 aromatic heterocycles. The minimum absolute atomic E-state index is 0.190. The lowest BCUT2D eigenvalue weighted by Gasteiger charge is -2.27. The van der Waals surface area contributed by atoms with E-state index in [9.17, 15) is 5.11 Å². The molecule has 1 unspecified atom stereocenters. The van der Waals surface area contributed by atoms with E-state index in [-0.39, 0.29) is 5.92 Å². The van der Waals surface area contributed by atoms with Crippen molar-refractivity contribution >= 4 is 11.6 Å². The third-order valence-corrected chi connectivity index (χ3v) is 2.52. The monoisotopic (exact) mass is 202 g/mol. The Hall–Kier alpha value is -0.540. The number of rotatable bonds is 3. The molecule has 0 saturated carbocycles. The first-order valence-electron chi connectivity index (χ1n) is 4.32. The van der Waals surface area contributed by atoms with Gasteiger partial charge in [0, 0.05) is 6.20 Å². The van der Waals surface area contributed by atoms with Crippen LogP contribution in [0.15, 0.2) is 12.4 Å². The zero-order valence-electron chi connectivity index (χ0n) is 8.16. The lowest BCUT2D eigenvalue weighted by atomic mass is 9.93. The predicted octanol–water partition coefficient (Wildman–Crippen LogP) is 1.94. The first kappa shape index (κ1) is 10.5. The van der Waals surface area contributed by atoms with Crippen molar-refractivity contribution in [2.24, 2.45) is 5.92 Å². The largest absolute Gasteiger partial charge is 0.388 e. The van der Waals surface area contributed by atoms with E-state index in [1.165, 1.54) is 0 Å². The van der Waals surface area contributed by atoms with Crippen molar-refractivity contribution in [1.82, 2.24) is 9.78 Å². The molecule has 0 aliphatic rings. The molecule has 1 atom stereocenters. The van der Waals surface area contributed by atoms with Gasteiger partial charge in [-0.15, -0.1) is 0 Å². The van der Waals surface area contributed by atoms with Gasteiger partial charge in [-0.2, -0.15) is 5.10 Å². The van der Waals surface area contributed by atoms with Crippen LogP contribution in [-0.2, 0) is 6.54 Å². The average molecular weight is 203 g/mol. The Morgan fingerprint density at radius 3 is 2.69 bits per heavy atom. The molecular formula is C9H15ClN2O. The standard InChI is InChI=1S/C9H15ClN2O/c1-7(2)9(3,13)6-12-5-8(10)4-11-12/h4-5,7,13H,6H2,1-3H3. The van der Waals surface area contributed by atoms with E-state index in [1.807, 2.05) is 13.8 Å². The molecular weight excluding hydrogens is 188 g/mol. The first-order valence-corrected chi connectivity index (χ1v) is 4.70. The number of hydrogen-bond donors (Lipinski definition) is 1. The number of aromatic nitrogens is 2. The van der Waals surface area contributed by atoms with Gasteiger partial charge < -0.3 is 5.11 Å². The van der Waals surface area contributed by atoms with Gasteiger partial charge in [0.15, 0.2) is 0 Å². The summed E-state index contributed by atoms with van der Waals surface area (Å²) in [6.45, 7) is 6.22. The van der Waals surface area contributed by atoms with Crippen molar-refractivity contribution in [1.29, 1.82) is 0 Å². The van der Waals surface area contributed by atoms with Crippen LogP contribution >= 0.6 is 11.6 Å². The molecule has 0 aliphatic heterocycles. The molecule has 4 heteroatoms. The second-order valence-electron chi connectivity index (χ2n) is 3.87. The SMILES string of the molecule is CC(C)C(C)(O)Cn1cc(Cl)cn1. The Bertz CT molecular complexity index is 281. The lowest BCUT2D eigenvalue weighted by Crippen LogP contribution is -2.36. The fourth-order valence-electron chi connectivity index (χ4n) is 0.935. The predicted molar refractivity (Wildman–Crippen MR) is 52.7 cm³/mol. The van der Waals surface area contributed by atoms with E-state index in [0.29, 0.717) is 11.6 Å². The van der Waals surface area contributed by atoms with Crippen LogP contribution in [0.1, 0.15) is 20.8 Å². The maximum atomic E-state index is 9.95. The van der Waals surface area contributed by atoms with E-state index in [4.69, 9.17) is 11.6 Å². The van der Waals surface area contributed by atoms with Crippen molar-refractivity contribution in [3.05, 3.63) is 17.4 Å². The van der Waals surface area contributed by atoms with Gasteiger partial charge >= 0.3 is 0 Å². The van der Waals surface area contributed by atoms with Crippen LogP contribution < -0.4 is 0 Å². The number of halogens is 1. The van der Waals surface area contributed by atoms with E-state index < -0.39 is 5.60 Å². The summed E-state index contributed by atoms with van der Waals surface area (Å²) in [5.41, 5.74) is -0.741. The lowest BCUT2D eigenvalue weighted by molar-refractivity contribution is -0.00567. The van der Waals surface area contributed by atoms with Crippen molar-refractivity contribution in [2.75, 3.05) is 0 Å². The van der Waals surface area contributed by atoms with Crippen molar-refractivity contribution in [3.63, 3.8) is 0 Å². The summed E-state index contributed by atoms with van der Waals surface area (Å²) in [5.74, 6) is 0.190. The Balaban J connectivity index is 2.68. The summed E-state index contributed by atoms with van der Waals surface area (Å²) in [4.78, 5) is 0. The van der Waals surface area contributed by atoms with E-state index in [0.717, 1.165) is 0 Å². The maximum Gasteiger partial charge on any atom is 0.0837 e. The molecule has 3 nitrogen and oxygen atoms in total. The normalized spacial score (nSPS) is 16.2. The molecule has 1 N–H and O–H groups in total. The van der Waals surface area contributed by atoms with Crippen LogP contribution in [0.25, 0.3) is 0 Å². The molecule has 0 amide bonds. The van der Waals surface area contributed by atoms with Gasteiger partial charge in [-0.05, 0) is 12.8 Å². The molecule has 0 spiro atoms. The highest BCUT2D eigenvalue weighted by Gasteiger charge is 2.25. The first-order chi connectivity index (χ1) is 5.92. The van der Waals surface area contributed by atoms with Crippen molar-refractivity contribution in [2.45, 2.75) is 32.9 Å². The van der Waals surface area contributed by atoms with E-state index in [1.54, 1.807) is 24.0 Å². The smallest absolute Gasteiger partial charge is 0.0837 e. The van der Waals surface area contributed by atoms with Gasteiger partial charge in [0.05, 0.1) is 23.4 Å². The summed E-state index contributed by atoms with van der Waals surface area (Å²) >= 11 is 5.70. The molecule has 0 fully saturated rings. The number of aliphatic hydroxyl groups is 1. The molecule has 0 aromatic carbocycles. The Kier molecular flexibility index (Phi) is 2.98. The minimum atomic E-state index is -0.741. The minimum Gasteiger partial charge on any atom is -0.388 e. The summed E-state index contributed by atoms with van der Waals surface area (Å²) in [7, 11) is 0. The summed E-state index contributed by atoms with van der Waals surface area (Å²) < 4.78 is 1.66. The van der Waals surface area contributed by atoms with Gasteiger partial charge in [-0.1, -0.05) is 25.4 Å². The van der Waals surface area contributed by atoms with Gasteiger partial charge in [-0.25, -0.2) is 0 Å². The second-order valence-corrected chi connectivity index (χ2v) is 4.30. The van der Waals surface area contributed by atoms with E-state index in [2.05, 4.69) is 5.10 Å². The molecule has 1 aromatic rings. The molecule has 0 aliphatic carbocycles. The van der Waals surface area contributed by atoms with Gasteiger partial charge in [-0.3, -0.25) is 4.68 Å². The second kappa shape index (κ2) is 3.68. The van der Waals surface area contributed by atoms with Crippen LogP contribution in [0.3, 0.4) is 0 Å². The van der Waals surface area contributed by atoms with Crippen molar-refractivity contribution < 1.29 is 5.11 Å². The fourth-order valence-corrected chi connectivity index (χ4v) is 1.09. The molecule has 13 heavy (non-hydrogen) atoms. The van der Waals surface area contributed by atoms with Crippen molar-refractivity contribution in [3.8, 4) is 0 Å². The highest BCUT2D eigenvalue weighted by Crippen LogP contribution is 2.18. The van der Waals surface area contributed by atoms with Gasteiger partial charge in [0.25, 0.3) is 0 Å². The third-order valence-electron chi connectivity index (χ3n) is 2.33. The number of hydrogen-bond acceptors (Lipinski definition) is 2. The van der Waals surface area contributed by atoms with Crippen LogP contribution in [0, 0.1) is 5.92 Å². The summed E-state index contributed by atoms with van der Waals surface area (Å²) in [5, 5.41) is 14.6. The highest BCUT2D eigenvalue weighted by atomic mass is 35.5. The average Bonchev–Trinajstić information content (AvgIpc) is 2.34. The van der Waals surface area contributed by atoms with Crippen LogP contribution in [-0.4, -0.2) is 20.5 Å². The Labute approximate surface area is 83.3 Å². The zero-order valence-corrected chi connectivity index (χ0v) is 8.91. The zero-order chi connectivity index (χ0) is 10.1. The number of nitrogens with zero attached hydrogens (tertiary/aromatic N) is 2.